The summed E-state index contributed by atoms with van der Waals surface area (Å²) in [6.07, 6.45) is 4.60. The lowest BCUT2D eigenvalue weighted by Gasteiger charge is -2.23. The lowest BCUT2D eigenvalue weighted by atomic mass is 10.4. The molecule has 0 saturated carbocycles. The van der Waals surface area contributed by atoms with Crippen molar-refractivity contribution in [3.8, 4) is 0 Å². The SMILES string of the molecule is C/C=C(\P)N(CCC)CCC. The monoisotopic (exact) mass is 173 g/mol. The van der Waals surface area contributed by atoms with E-state index in [-0.39, 0.29) is 0 Å². The molecule has 0 aliphatic rings. The van der Waals surface area contributed by atoms with E-state index in [1.54, 1.807) is 0 Å². The highest BCUT2D eigenvalue weighted by molar-refractivity contribution is 7.22. The Balaban J connectivity index is 3.87. The number of allylic oxidation sites excluding steroid dienone is 1. The predicted molar refractivity (Wildman–Crippen MR) is 55.6 cm³/mol. The Hall–Kier alpha value is -0.0300. The van der Waals surface area contributed by atoms with Gasteiger partial charge in [0.2, 0.25) is 0 Å². The van der Waals surface area contributed by atoms with Gasteiger partial charge in [-0.25, -0.2) is 0 Å². The van der Waals surface area contributed by atoms with Crippen molar-refractivity contribution in [2.75, 3.05) is 13.1 Å². The summed E-state index contributed by atoms with van der Waals surface area (Å²) in [5.41, 5.74) is 1.33. The van der Waals surface area contributed by atoms with Crippen LogP contribution in [0.15, 0.2) is 11.5 Å². The van der Waals surface area contributed by atoms with Gasteiger partial charge in [0.15, 0.2) is 0 Å². The van der Waals surface area contributed by atoms with Gasteiger partial charge in [0.1, 0.15) is 0 Å². The highest BCUT2D eigenvalue weighted by Gasteiger charge is 2.00. The van der Waals surface area contributed by atoms with Crippen molar-refractivity contribution < 1.29 is 0 Å². The first kappa shape index (κ1) is 11.0. The fourth-order valence-corrected chi connectivity index (χ4v) is 1.35. The Morgan fingerprint density at radius 3 is 2.00 bits per heavy atom. The van der Waals surface area contributed by atoms with Crippen LogP contribution >= 0.6 is 9.24 Å². The van der Waals surface area contributed by atoms with Crippen molar-refractivity contribution in [1.82, 2.24) is 4.90 Å². The first-order valence-electron chi connectivity index (χ1n) is 4.42. The van der Waals surface area contributed by atoms with Crippen LogP contribution in [-0.2, 0) is 0 Å². The average molecular weight is 173 g/mol. The minimum atomic E-state index is 1.18. The Kier molecular flexibility index (Phi) is 6.65. The summed E-state index contributed by atoms with van der Waals surface area (Å²) in [5.74, 6) is 0. The third-order valence-electron chi connectivity index (χ3n) is 1.65. The third-order valence-corrected chi connectivity index (χ3v) is 2.35. The molecule has 0 radical (unpaired) electrons. The molecule has 1 nitrogen and oxygen atoms in total. The highest BCUT2D eigenvalue weighted by atomic mass is 31.0. The second kappa shape index (κ2) is 6.67. The summed E-state index contributed by atoms with van der Waals surface area (Å²) in [7, 11) is 2.78. The Morgan fingerprint density at radius 1 is 1.27 bits per heavy atom. The van der Waals surface area contributed by atoms with Gasteiger partial charge in [-0.15, -0.1) is 0 Å². The summed E-state index contributed by atoms with van der Waals surface area (Å²) in [4.78, 5) is 2.41. The van der Waals surface area contributed by atoms with E-state index in [1.165, 1.54) is 31.4 Å². The van der Waals surface area contributed by atoms with Crippen molar-refractivity contribution in [3.05, 3.63) is 11.5 Å². The van der Waals surface area contributed by atoms with Crippen molar-refractivity contribution in [2.45, 2.75) is 33.6 Å². The zero-order chi connectivity index (χ0) is 8.69. The van der Waals surface area contributed by atoms with Crippen molar-refractivity contribution >= 4 is 9.24 Å². The standard InChI is InChI=1S/C9H20NP/c1-4-7-10(8-5-2)9(11)6-3/h6H,4-5,7-8,11H2,1-3H3/b9-6-. The predicted octanol–water partition coefficient (Wildman–Crippen LogP) is 2.84. The molecular weight excluding hydrogens is 153 g/mol. The van der Waals surface area contributed by atoms with Crippen LogP contribution in [0.5, 0.6) is 0 Å². The summed E-state index contributed by atoms with van der Waals surface area (Å²) in [6, 6.07) is 0. The molecule has 1 unspecified atom stereocenters. The van der Waals surface area contributed by atoms with Gasteiger partial charge in [0.25, 0.3) is 0 Å². The molecule has 2 heteroatoms. The van der Waals surface area contributed by atoms with Crippen molar-refractivity contribution in [3.63, 3.8) is 0 Å². The van der Waals surface area contributed by atoms with Gasteiger partial charge in [-0.2, -0.15) is 0 Å². The van der Waals surface area contributed by atoms with Crippen molar-refractivity contribution in [2.24, 2.45) is 0 Å². The van der Waals surface area contributed by atoms with E-state index in [0.29, 0.717) is 0 Å². The fraction of sp³-hybridized carbons (Fsp3) is 0.778. The minimum Gasteiger partial charge on any atom is -0.372 e. The molecule has 0 saturated heterocycles. The molecule has 0 spiro atoms. The van der Waals surface area contributed by atoms with Gasteiger partial charge in [0, 0.05) is 18.5 Å². The summed E-state index contributed by atoms with van der Waals surface area (Å²) >= 11 is 0. The van der Waals surface area contributed by atoms with Crippen LogP contribution in [0, 0.1) is 0 Å². The van der Waals surface area contributed by atoms with E-state index in [9.17, 15) is 0 Å². The van der Waals surface area contributed by atoms with Crippen molar-refractivity contribution in [1.29, 1.82) is 0 Å². The quantitative estimate of drug-likeness (QED) is 0.578. The van der Waals surface area contributed by atoms with Gasteiger partial charge >= 0.3 is 0 Å². The largest absolute Gasteiger partial charge is 0.372 e. The highest BCUT2D eigenvalue weighted by Crippen LogP contribution is 2.12. The van der Waals surface area contributed by atoms with Gasteiger partial charge in [-0.3, -0.25) is 0 Å². The van der Waals surface area contributed by atoms with E-state index < -0.39 is 0 Å². The van der Waals surface area contributed by atoms with Crippen LogP contribution in [0.1, 0.15) is 33.6 Å². The van der Waals surface area contributed by atoms with Gasteiger partial charge in [0.05, 0.1) is 0 Å². The molecule has 0 aromatic heterocycles. The number of nitrogens with zero attached hydrogens (tertiary/aromatic N) is 1. The maximum atomic E-state index is 2.78. The molecular formula is C9H20NP. The van der Waals surface area contributed by atoms with E-state index in [1.807, 2.05) is 0 Å². The van der Waals surface area contributed by atoms with E-state index in [0.717, 1.165) is 0 Å². The molecule has 0 heterocycles. The van der Waals surface area contributed by atoms with Crippen LogP contribution in [0.25, 0.3) is 0 Å². The first-order chi connectivity index (χ1) is 5.26. The molecule has 11 heavy (non-hydrogen) atoms. The first-order valence-corrected chi connectivity index (χ1v) is 5.00. The van der Waals surface area contributed by atoms with Gasteiger partial charge in [-0.05, 0) is 19.8 Å². The normalized spacial score (nSPS) is 11.8. The van der Waals surface area contributed by atoms with Crippen LogP contribution in [0.3, 0.4) is 0 Å². The average Bonchev–Trinajstić information content (AvgIpc) is 2.03. The van der Waals surface area contributed by atoms with Crippen LogP contribution in [-0.4, -0.2) is 18.0 Å². The third kappa shape index (κ3) is 4.42. The molecule has 0 fully saturated rings. The van der Waals surface area contributed by atoms with Crippen LogP contribution < -0.4 is 0 Å². The minimum absolute atomic E-state index is 1.18. The molecule has 0 aromatic rings. The molecule has 0 aromatic carbocycles. The lowest BCUT2D eigenvalue weighted by molar-refractivity contribution is 0.366. The molecule has 0 aliphatic heterocycles. The molecule has 0 rings (SSSR count). The zero-order valence-corrected chi connectivity index (χ0v) is 9.09. The molecule has 0 amide bonds. The molecule has 0 N–H and O–H groups in total. The molecule has 0 bridgehead atoms. The Bertz CT molecular complexity index is 115. The van der Waals surface area contributed by atoms with Crippen LogP contribution in [0.2, 0.25) is 0 Å². The number of rotatable bonds is 5. The van der Waals surface area contributed by atoms with Gasteiger partial charge in [-0.1, -0.05) is 29.2 Å². The maximum Gasteiger partial charge on any atom is 0.0263 e. The molecule has 66 valence electrons. The number of hydrogen-bond acceptors (Lipinski definition) is 1. The van der Waals surface area contributed by atoms with Gasteiger partial charge < -0.3 is 4.90 Å². The summed E-state index contributed by atoms with van der Waals surface area (Å²) in [6.45, 7) is 8.88. The Morgan fingerprint density at radius 2 is 1.73 bits per heavy atom. The summed E-state index contributed by atoms with van der Waals surface area (Å²) < 4.78 is 0. The second-order valence-corrected chi connectivity index (χ2v) is 3.29. The smallest absolute Gasteiger partial charge is 0.0263 e. The zero-order valence-electron chi connectivity index (χ0n) is 7.93. The second-order valence-electron chi connectivity index (χ2n) is 2.70. The van der Waals surface area contributed by atoms with Crippen LogP contribution in [0.4, 0.5) is 0 Å². The topological polar surface area (TPSA) is 3.24 Å². The van der Waals surface area contributed by atoms with E-state index in [4.69, 9.17) is 0 Å². The van der Waals surface area contributed by atoms with E-state index in [2.05, 4.69) is 41.0 Å². The maximum absolute atomic E-state index is 2.78. The number of hydrogen-bond donors (Lipinski definition) is 0. The fourth-order valence-electron chi connectivity index (χ4n) is 1.09. The molecule has 0 aliphatic carbocycles. The van der Waals surface area contributed by atoms with E-state index >= 15 is 0 Å². The lowest BCUT2D eigenvalue weighted by Crippen LogP contribution is -2.21. The summed E-state index contributed by atoms with van der Waals surface area (Å²) in [5, 5.41) is 0. The molecule has 1 atom stereocenters. The Labute approximate surface area is 73.1 Å².